The molecule has 0 unspecified atom stereocenters. The number of nitrogens with one attached hydrogen (secondary N) is 1. The number of rotatable bonds is 5. The van der Waals surface area contributed by atoms with E-state index < -0.39 is 4.92 Å². The number of nitro groups is 1. The third-order valence-corrected chi connectivity index (χ3v) is 4.35. The van der Waals surface area contributed by atoms with Crippen LogP contribution in [0.15, 0.2) is 36.4 Å². The van der Waals surface area contributed by atoms with Gasteiger partial charge in [0.1, 0.15) is 11.5 Å². The number of carbonyl (C=O) groups is 1. The van der Waals surface area contributed by atoms with Crippen LogP contribution in [0.1, 0.15) is 10.4 Å². The quantitative estimate of drug-likeness (QED) is 0.552. The number of nitrogens with zero attached hydrogens (tertiary/aromatic N) is 2. The Morgan fingerprint density at radius 1 is 1.16 bits per heavy atom. The Bertz CT molecular complexity index is 947. The number of thiazole rings is 1. The van der Waals surface area contributed by atoms with E-state index in [0.717, 1.165) is 11.3 Å². The molecule has 0 bridgehead atoms. The molecule has 8 nitrogen and oxygen atoms in total. The van der Waals surface area contributed by atoms with Gasteiger partial charge in [-0.15, -0.1) is 0 Å². The van der Waals surface area contributed by atoms with Gasteiger partial charge in [0.15, 0.2) is 5.13 Å². The first kappa shape index (κ1) is 16.7. The Morgan fingerprint density at radius 3 is 2.44 bits per heavy atom. The minimum atomic E-state index is -0.472. The number of benzene rings is 2. The molecule has 25 heavy (non-hydrogen) atoms. The van der Waals surface area contributed by atoms with Crippen LogP contribution in [0.2, 0.25) is 0 Å². The topological polar surface area (TPSA) is 104 Å². The summed E-state index contributed by atoms with van der Waals surface area (Å²) in [4.78, 5) is 27.1. The SMILES string of the molecule is COc1cc(OC)cc(C(=O)Nc2nc3ccc([N+](=O)[O-])cc3s2)c1. The summed E-state index contributed by atoms with van der Waals surface area (Å²) in [6.45, 7) is 0. The maximum absolute atomic E-state index is 12.4. The molecular formula is C16H13N3O5S. The van der Waals surface area contributed by atoms with Crippen LogP contribution in [-0.4, -0.2) is 30.0 Å². The number of hydrogen-bond acceptors (Lipinski definition) is 7. The zero-order valence-electron chi connectivity index (χ0n) is 13.3. The molecule has 0 aliphatic rings. The van der Waals surface area contributed by atoms with Gasteiger partial charge < -0.3 is 9.47 Å². The fourth-order valence-corrected chi connectivity index (χ4v) is 3.08. The van der Waals surface area contributed by atoms with E-state index in [1.807, 2.05) is 0 Å². The third-order valence-electron chi connectivity index (χ3n) is 3.42. The second kappa shape index (κ2) is 6.73. The van der Waals surface area contributed by atoms with Crippen LogP contribution >= 0.6 is 11.3 Å². The first-order chi connectivity index (χ1) is 12.0. The highest BCUT2D eigenvalue weighted by atomic mass is 32.1. The van der Waals surface area contributed by atoms with Crippen molar-refractivity contribution in [2.45, 2.75) is 0 Å². The van der Waals surface area contributed by atoms with E-state index in [0.29, 0.717) is 32.4 Å². The van der Waals surface area contributed by atoms with E-state index >= 15 is 0 Å². The number of fused-ring (bicyclic) bond motifs is 1. The van der Waals surface area contributed by atoms with Gasteiger partial charge in [-0.3, -0.25) is 20.2 Å². The highest BCUT2D eigenvalue weighted by Crippen LogP contribution is 2.30. The highest BCUT2D eigenvalue weighted by Gasteiger charge is 2.14. The second-order valence-electron chi connectivity index (χ2n) is 4.98. The van der Waals surface area contributed by atoms with Crippen LogP contribution < -0.4 is 14.8 Å². The maximum atomic E-state index is 12.4. The van der Waals surface area contributed by atoms with Gasteiger partial charge in [0, 0.05) is 23.8 Å². The Kier molecular flexibility index (Phi) is 4.48. The van der Waals surface area contributed by atoms with Gasteiger partial charge in [0.2, 0.25) is 0 Å². The Hall–Kier alpha value is -3.20. The molecule has 1 aromatic heterocycles. The van der Waals surface area contributed by atoms with E-state index in [2.05, 4.69) is 10.3 Å². The van der Waals surface area contributed by atoms with Gasteiger partial charge in [-0.25, -0.2) is 4.98 Å². The number of aromatic nitrogens is 1. The van der Waals surface area contributed by atoms with Gasteiger partial charge in [-0.05, 0) is 18.2 Å². The normalized spacial score (nSPS) is 10.5. The number of hydrogen-bond donors (Lipinski definition) is 1. The van der Waals surface area contributed by atoms with Crippen LogP contribution in [0.5, 0.6) is 11.5 Å². The average Bonchev–Trinajstić information content (AvgIpc) is 3.02. The monoisotopic (exact) mass is 359 g/mol. The fourth-order valence-electron chi connectivity index (χ4n) is 2.19. The van der Waals surface area contributed by atoms with Crippen LogP contribution in [0.3, 0.4) is 0 Å². The molecule has 3 rings (SSSR count). The summed E-state index contributed by atoms with van der Waals surface area (Å²) >= 11 is 1.16. The molecular weight excluding hydrogens is 346 g/mol. The second-order valence-corrected chi connectivity index (χ2v) is 6.01. The summed E-state index contributed by atoms with van der Waals surface area (Å²) < 4.78 is 10.9. The van der Waals surface area contributed by atoms with Crippen LogP contribution in [0, 0.1) is 10.1 Å². The van der Waals surface area contributed by atoms with Gasteiger partial charge in [-0.2, -0.15) is 0 Å². The molecule has 1 heterocycles. The summed E-state index contributed by atoms with van der Waals surface area (Å²) in [6.07, 6.45) is 0. The first-order valence-corrected chi connectivity index (χ1v) is 7.91. The molecule has 0 aliphatic heterocycles. The lowest BCUT2D eigenvalue weighted by atomic mass is 10.2. The number of non-ortho nitro benzene ring substituents is 1. The molecule has 0 saturated heterocycles. The van der Waals surface area contributed by atoms with Crippen molar-refractivity contribution >= 4 is 38.3 Å². The lowest BCUT2D eigenvalue weighted by Gasteiger charge is -2.07. The minimum Gasteiger partial charge on any atom is -0.497 e. The molecule has 128 valence electrons. The molecule has 2 aromatic carbocycles. The zero-order valence-corrected chi connectivity index (χ0v) is 14.1. The highest BCUT2D eigenvalue weighted by molar-refractivity contribution is 7.22. The molecule has 0 saturated carbocycles. The number of methoxy groups -OCH3 is 2. The van der Waals surface area contributed by atoms with Gasteiger partial charge in [0.25, 0.3) is 11.6 Å². The van der Waals surface area contributed by atoms with Gasteiger partial charge >= 0.3 is 0 Å². The van der Waals surface area contributed by atoms with Crippen molar-refractivity contribution in [1.29, 1.82) is 0 Å². The summed E-state index contributed by atoms with van der Waals surface area (Å²) in [5, 5.41) is 13.9. The van der Waals surface area contributed by atoms with Crippen LogP contribution in [-0.2, 0) is 0 Å². The Morgan fingerprint density at radius 2 is 1.84 bits per heavy atom. The molecule has 1 amide bonds. The molecule has 0 fully saturated rings. The molecule has 3 aromatic rings. The Balaban J connectivity index is 1.88. The largest absolute Gasteiger partial charge is 0.497 e. The van der Waals surface area contributed by atoms with Crippen LogP contribution in [0.4, 0.5) is 10.8 Å². The summed E-state index contributed by atoms with van der Waals surface area (Å²) in [5.41, 5.74) is 0.905. The maximum Gasteiger partial charge on any atom is 0.270 e. The summed E-state index contributed by atoms with van der Waals surface area (Å²) in [5.74, 6) is 0.597. The van der Waals surface area contributed by atoms with Crippen molar-refractivity contribution in [3.05, 3.63) is 52.1 Å². The average molecular weight is 359 g/mol. The lowest BCUT2D eigenvalue weighted by molar-refractivity contribution is -0.384. The van der Waals surface area contributed by atoms with E-state index in [-0.39, 0.29) is 11.6 Å². The summed E-state index contributed by atoms with van der Waals surface area (Å²) in [6, 6.07) is 9.17. The molecule has 0 aliphatic carbocycles. The third kappa shape index (κ3) is 3.50. The van der Waals surface area contributed by atoms with E-state index in [1.54, 1.807) is 24.3 Å². The van der Waals surface area contributed by atoms with Crippen molar-refractivity contribution in [3.8, 4) is 11.5 Å². The van der Waals surface area contributed by atoms with Gasteiger partial charge in [-0.1, -0.05) is 11.3 Å². The van der Waals surface area contributed by atoms with Gasteiger partial charge in [0.05, 0.1) is 29.4 Å². The van der Waals surface area contributed by atoms with E-state index in [4.69, 9.17) is 9.47 Å². The summed E-state index contributed by atoms with van der Waals surface area (Å²) in [7, 11) is 2.99. The standard InChI is InChI=1S/C16H13N3O5S/c1-23-11-5-9(6-12(8-11)24-2)15(20)18-16-17-13-4-3-10(19(21)22)7-14(13)25-16/h3-8H,1-2H3,(H,17,18,20). The van der Waals surface area contributed by atoms with Crippen molar-refractivity contribution < 1.29 is 19.2 Å². The predicted molar refractivity (Wildman–Crippen MR) is 93.8 cm³/mol. The first-order valence-electron chi connectivity index (χ1n) is 7.09. The molecule has 0 radical (unpaired) electrons. The smallest absolute Gasteiger partial charge is 0.270 e. The molecule has 0 spiro atoms. The number of anilines is 1. The number of ether oxygens (including phenoxy) is 2. The zero-order chi connectivity index (χ0) is 18.0. The van der Waals surface area contributed by atoms with Crippen molar-refractivity contribution in [2.24, 2.45) is 0 Å². The molecule has 0 atom stereocenters. The predicted octanol–water partition coefficient (Wildman–Crippen LogP) is 3.47. The van der Waals surface area contributed by atoms with Crippen molar-refractivity contribution in [2.75, 3.05) is 19.5 Å². The number of carbonyl (C=O) groups excluding carboxylic acids is 1. The van der Waals surface area contributed by atoms with Crippen LogP contribution in [0.25, 0.3) is 10.2 Å². The number of nitro benzene ring substituents is 1. The fraction of sp³-hybridized carbons (Fsp3) is 0.125. The van der Waals surface area contributed by atoms with Crippen molar-refractivity contribution in [3.63, 3.8) is 0 Å². The minimum absolute atomic E-state index is 0.0217. The lowest BCUT2D eigenvalue weighted by Crippen LogP contribution is -2.12. The molecule has 9 heteroatoms. The van der Waals surface area contributed by atoms with E-state index in [9.17, 15) is 14.9 Å². The van der Waals surface area contributed by atoms with E-state index in [1.165, 1.54) is 26.4 Å². The number of amides is 1. The van der Waals surface area contributed by atoms with Crippen molar-refractivity contribution in [1.82, 2.24) is 4.98 Å². The molecule has 1 N–H and O–H groups in total. The Labute approximate surface area is 146 Å².